The zero-order valence-corrected chi connectivity index (χ0v) is 15.5. The highest BCUT2D eigenvalue weighted by Gasteiger charge is 2.28. The number of hydrogen-bond acceptors (Lipinski definition) is 7. The molecule has 0 aromatic rings. The lowest BCUT2D eigenvalue weighted by Gasteiger charge is -2.21. The van der Waals surface area contributed by atoms with Crippen LogP contribution in [0.4, 0.5) is 0 Å². The van der Waals surface area contributed by atoms with Gasteiger partial charge in [-0.2, -0.15) is 0 Å². The summed E-state index contributed by atoms with van der Waals surface area (Å²) in [7, 11) is 0. The summed E-state index contributed by atoms with van der Waals surface area (Å²) in [4.78, 5) is 11.5. The minimum atomic E-state index is -3.24. The molecule has 0 heterocycles. The molecule has 0 aliphatic carbocycles. The Morgan fingerprint density at radius 3 is 2.29 bits per heavy atom. The SMILES string of the molecule is CC(C)COP(=O)(OC(C)C)SCCOC(=O)C(C)(C)N. The van der Waals surface area contributed by atoms with Gasteiger partial charge in [0.25, 0.3) is 0 Å². The zero-order valence-electron chi connectivity index (χ0n) is 13.8. The topological polar surface area (TPSA) is 87.9 Å². The van der Waals surface area contributed by atoms with Crippen molar-refractivity contribution < 1.29 is 23.1 Å². The van der Waals surface area contributed by atoms with Crippen LogP contribution < -0.4 is 5.73 Å². The molecule has 126 valence electrons. The van der Waals surface area contributed by atoms with E-state index in [2.05, 4.69) is 0 Å². The molecule has 0 saturated carbocycles. The molecule has 0 spiro atoms. The Morgan fingerprint density at radius 1 is 1.29 bits per heavy atom. The van der Waals surface area contributed by atoms with Crippen LogP contribution in [0.1, 0.15) is 41.5 Å². The Bertz CT molecular complexity index is 368. The first-order valence-corrected chi connectivity index (χ1v) is 10.1. The highest BCUT2D eigenvalue weighted by atomic mass is 32.7. The third-order valence-electron chi connectivity index (χ3n) is 2.00. The summed E-state index contributed by atoms with van der Waals surface area (Å²) in [6, 6.07) is 0. The molecule has 21 heavy (non-hydrogen) atoms. The number of hydrogen-bond donors (Lipinski definition) is 1. The molecule has 1 unspecified atom stereocenters. The largest absolute Gasteiger partial charge is 0.463 e. The first kappa shape index (κ1) is 20.9. The summed E-state index contributed by atoms with van der Waals surface area (Å²) in [5.74, 6) is 0.0838. The molecule has 0 rings (SSSR count). The Kier molecular flexibility index (Phi) is 9.12. The third-order valence-corrected chi connectivity index (χ3v) is 5.88. The van der Waals surface area contributed by atoms with Crippen molar-refractivity contribution in [1.29, 1.82) is 0 Å². The minimum Gasteiger partial charge on any atom is -0.463 e. The predicted octanol–water partition coefficient (Wildman–Crippen LogP) is 3.21. The molecule has 0 aromatic heterocycles. The number of esters is 1. The van der Waals surface area contributed by atoms with Gasteiger partial charge in [-0.1, -0.05) is 13.8 Å². The minimum absolute atomic E-state index is 0.112. The van der Waals surface area contributed by atoms with Crippen molar-refractivity contribution in [2.75, 3.05) is 19.0 Å². The summed E-state index contributed by atoms with van der Waals surface area (Å²) in [6.07, 6.45) is -0.207. The van der Waals surface area contributed by atoms with Crippen LogP contribution in [-0.4, -0.2) is 36.6 Å². The Morgan fingerprint density at radius 2 is 1.86 bits per heavy atom. The van der Waals surface area contributed by atoms with Crippen molar-refractivity contribution in [3.63, 3.8) is 0 Å². The van der Waals surface area contributed by atoms with E-state index in [9.17, 15) is 9.36 Å². The van der Waals surface area contributed by atoms with E-state index in [4.69, 9.17) is 19.5 Å². The van der Waals surface area contributed by atoms with Gasteiger partial charge in [-0.25, -0.2) is 4.57 Å². The van der Waals surface area contributed by atoms with Gasteiger partial charge in [0, 0.05) is 5.75 Å². The van der Waals surface area contributed by atoms with E-state index in [1.807, 2.05) is 13.8 Å². The fraction of sp³-hybridized carbons (Fsp3) is 0.923. The van der Waals surface area contributed by atoms with E-state index >= 15 is 0 Å². The van der Waals surface area contributed by atoms with Crippen LogP contribution >= 0.6 is 18.2 Å². The molecule has 0 bridgehead atoms. The van der Waals surface area contributed by atoms with Gasteiger partial charge in [0.15, 0.2) is 0 Å². The summed E-state index contributed by atoms with van der Waals surface area (Å²) < 4.78 is 28.3. The molecular formula is C13H28NO5PS. The lowest BCUT2D eigenvalue weighted by atomic mass is 10.1. The second kappa shape index (κ2) is 9.16. The molecule has 6 nitrogen and oxygen atoms in total. The molecule has 0 aliphatic heterocycles. The number of carbonyl (C=O) groups excluding carboxylic acids is 1. The van der Waals surface area contributed by atoms with Crippen molar-refractivity contribution in [2.24, 2.45) is 11.7 Å². The molecule has 0 fully saturated rings. The Hall–Kier alpha value is -0.0700. The van der Waals surface area contributed by atoms with Crippen molar-refractivity contribution in [2.45, 2.75) is 53.2 Å². The lowest BCUT2D eigenvalue weighted by molar-refractivity contribution is -0.148. The van der Waals surface area contributed by atoms with Crippen molar-refractivity contribution in [3.05, 3.63) is 0 Å². The third kappa shape index (κ3) is 10.3. The average Bonchev–Trinajstić information content (AvgIpc) is 2.30. The van der Waals surface area contributed by atoms with Crippen LogP contribution in [-0.2, 0) is 23.1 Å². The highest BCUT2D eigenvalue weighted by molar-refractivity contribution is 8.55. The molecule has 1 atom stereocenters. The van der Waals surface area contributed by atoms with Gasteiger partial charge in [0.1, 0.15) is 12.1 Å². The Labute approximate surface area is 131 Å². The summed E-state index contributed by atoms with van der Waals surface area (Å²) in [5.41, 5.74) is 4.58. The van der Waals surface area contributed by atoms with E-state index in [0.29, 0.717) is 12.4 Å². The standard InChI is InChI=1S/C13H28NO5PS/c1-10(2)9-18-20(16,19-11(3)4)21-8-7-17-12(15)13(5,6)14/h10-11H,7-9,14H2,1-6H3. The summed E-state index contributed by atoms with van der Waals surface area (Å²) >= 11 is 1.04. The van der Waals surface area contributed by atoms with Gasteiger partial charge in [0.2, 0.25) is 0 Å². The summed E-state index contributed by atoms with van der Waals surface area (Å²) in [5, 5.41) is 0. The first-order chi connectivity index (χ1) is 9.46. The number of carbonyl (C=O) groups is 1. The molecule has 0 aromatic carbocycles. The van der Waals surface area contributed by atoms with E-state index in [0.717, 1.165) is 11.4 Å². The number of rotatable bonds is 10. The summed E-state index contributed by atoms with van der Waals surface area (Å²) in [6.45, 7) is 7.90. The molecular weight excluding hydrogens is 313 g/mol. The lowest BCUT2D eigenvalue weighted by Crippen LogP contribution is -2.43. The van der Waals surface area contributed by atoms with Gasteiger partial charge in [-0.15, -0.1) is 0 Å². The van der Waals surface area contributed by atoms with E-state index in [1.165, 1.54) is 0 Å². The van der Waals surface area contributed by atoms with Gasteiger partial charge in [-0.05, 0) is 45.0 Å². The molecule has 2 N–H and O–H groups in total. The fourth-order valence-corrected chi connectivity index (χ4v) is 4.64. The van der Waals surface area contributed by atoms with E-state index in [1.54, 1.807) is 27.7 Å². The second-order valence-electron chi connectivity index (χ2n) is 5.98. The maximum atomic E-state index is 12.5. The first-order valence-electron chi connectivity index (χ1n) is 7.00. The van der Waals surface area contributed by atoms with Crippen molar-refractivity contribution in [1.82, 2.24) is 0 Å². The van der Waals surface area contributed by atoms with Crippen LogP contribution in [0.3, 0.4) is 0 Å². The average molecular weight is 341 g/mol. The molecule has 0 saturated heterocycles. The van der Waals surface area contributed by atoms with Gasteiger partial charge < -0.3 is 15.0 Å². The van der Waals surface area contributed by atoms with Gasteiger partial charge in [0.05, 0.1) is 12.7 Å². The van der Waals surface area contributed by atoms with E-state index in [-0.39, 0.29) is 18.6 Å². The predicted molar refractivity (Wildman–Crippen MR) is 86.3 cm³/mol. The van der Waals surface area contributed by atoms with Crippen LogP contribution in [0.15, 0.2) is 0 Å². The van der Waals surface area contributed by atoms with E-state index < -0.39 is 18.3 Å². The zero-order chi connectivity index (χ0) is 16.7. The van der Waals surface area contributed by atoms with Crippen molar-refractivity contribution in [3.8, 4) is 0 Å². The molecule has 8 heteroatoms. The number of nitrogens with two attached hydrogens (primary N) is 1. The molecule has 0 amide bonds. The Balaban J connectivity index is 4.30. The van der Waals surface area contributed by atoms with Crippen LogP contribution in [0.2, 0.25) is 0 Å². The monoisotopic (exact) mass is 341 g/mol. The maximum Gasteiger partial charge on any atom is 0.389 e. The van der Waals surface area contributed by atoms with Crippen molar-refractivity contribution >= 4 is 24.1 Å². The fourth-order valence-electron chi connectivity index (χ4n) is 1.07. The highest BCUT2D eigenvalue weighted by Crippen LogP contribution is 2.61. The normalized spacial score (nSPS) is 15.3. The smallest absolute Gasteiger partial charge is 0.389 e. The number of ether oxygens (including phenoxy) is 1. The van der Waals surface area contributed by atoms with Crippen LogP contribution in [0.5, 0.6) is 0 Å². The van der Waals surface area contributed by atoms with Crippen LogP contribution in [0.25, 0.3) is 0 Å². The van der Waals surface area contributed by atoms with Gasteiger partial charge >= 0.3 is 12.8 Å². The maximum absolute atomic E-state index is 12.5. The molecule has 0 aliphatic rings. The van der Waals surface area contributed by atoms with Crippen LogP contribution in [0, 0.1) is 5.92 Å². The second-order valence-corrected chi connectivity index (χ2v) is 10.1. The quantitative estimate of drug-likeness (QED) is 0.371. The van der Waals surface area contributed by atoms with Gasteiger partial charge in [-0.3, -0.25) is 9.32 Å². The molecule has 0 radical (unpaired) electrons.